The Balaban J connectivity index is 1.71. The zero-order valence-corrected chi connectivity index (χ0v) is 10.8. The van der Waals surface area contributed by atoms with Crippen LogP contribution in [-0.2, 0) is 0 Å². The van der Waals surface area contributed by atoms with E-state index < -0.39 is 0 Å². The quantitative estimate of drug-likeness (QED) is 0.542. The van der Waals surface area contributed by atoms with E-state index in [2.05, 4.69) is 15.7 Å². The molecule has 1 unspecified atom stereocenters. The van der Waals surface area contributed by atoms with E-state index in [1.54, 1.807) is 0 Å². The minimum absolute atomic E-state index is 0.847. The fourth-order valence-corrected chi connectivity index (χ4v) is 3.46. The highest BCUT2D eigenvalue weighted by molar-refractivity contribution is 7.99. The smallest absolute Gasteiger partial charge is 0.0545 e. The molecule has 0 aromatic carbocycles. The van der Waals surface area contributed by atoms with Crippen LogP contribution in [0.1, 0.15) is 19.3 Å². The maximum Gasteiger partial charge on any atom is 0.0545 e. The molecule has 3 heteroatoms. The molecule has 2 aliphatic heterocycles. The van der Waals surface area contributed by atoms with Crippen LogP contribution in [0.5, 0.6) is 0 Å². The van der Waals surface area contributed by atoms with Crippen LogP contribution in [-0.4, -0.2) is 60.1 Å². The van der Waals surface area contributed by atoms with Crippen molar-refractivity contribution in [1.29, 1.82) is 0 Å². The average molecular weight is 238 g/mol. The predicted molar refractivity (Wildman–Crippen MR) is 71.8 cm³/mol. The Hall–Kier alpha value is -0.170. The lowest BCUT2D eigenvalue weighted by atomic mass is 10.2. The van der Waals surface area contributed by atoms with Gasteiger partial charge in [0, 0.05) is 24.9 Å². The second-order valence-electron chi connectivity index (χ2n) is 4.74. The van der Waals surface area contributed by atoms with Crippen LogP contribution in [0.2, 0.25) is 0 Å². The standard InChI is InChI=1S/C13H22N2S/c1-2-10-16-11-9-14-6-4-8-15-7-3-5-13(15)12-14/h1,13H,3-12H2. The summed E-state index contributed by atoms with van der Waals surface area (Å²) in [6.45, 7) is 6.44. The molecule has 0 aliphatic carbocycles. The zero-order chi connectivity index (χ0) is 11.2. The summed E-state index contributed by atoms with van der Waals surface area (Å²) in [5, 5.41) is 0. The fraction of sp³-hybridized carbons (Fsp3) is 0.846. The Bertz CT molecular complexity index is 249. The second kappa shape index (κ2) is 6.54. The summed E-state index contributed by atoms with van der Waals surface area (Å²) in [5.74, 6) is 4.75. The summed E-state index contributed by atoms with van der Waals surface area (Å²) >= 11 is 1.89. The monoisotopic (exact) mass is 238 g/mol. The second-order valence-corrected chi connectivity index (χ2v) is 5.85. The number of fused-ring (bicyclic) bond motifs is 1. The van der Waals surface area contributed by atoms with Crippen molar-refractivity contribution in [2.24, 2.45) is 0 Å². The molecule has 2 rings (SSSR count). The highest BCUT2D eigenvalue weighted by Gasteiger charge is 2.28. The summed E-state index contributed by atoms with van der Waals surface area (Å²) in [6, 6.07) is 0.847. The van der Waals surface area contributed by atoms with E-state index >= 15 is 0 Å². The van der Waals surface area contributed by atoms with Crippen molar-refractivity contribution < 1.29 is 0 Å². The summed E-state index contributed by atoms with van der Waals surface area (Å²) in [4.78, 5) is 5.33. The summed E-state index contributed by atoms with van der Waals surface area (Å²) in [7, 11) is 0. The molecule has 0 saturated carbocycles. The van der Waals surface area contributed by atoms with Gasteiger partial charge in [-0.2, -0.15) is 0 Å². The first-order chi connectivity index (χ1) is 7.90. The molecule has 2 nitrogen and oxygen atoms in total. The molecule has 2 aliphatic rings. The van der Waals surface area contributed by atoms with Gasteiger partial charge in [-0.1, -0.05) is 5.92 Å². The van der Waals surface area contributed by atoms with E-state index in [1.807, 2.05) is 11.8 Å². The number of thioether (sulfide) groups is 1. The molecule has 1 atom stereocenters. The third-order valence-corrected chi connectivity index (χ3v) is 4.47. The maximum absolute atomic E-state index is 5.25. The molecule has 0 spiro atoms. The van der Waals surface area contributed by atoms with Crippen LogP contribution in [0.4, 0.5) is 0 Å². The molecular weight excluding hydrogens is 216 g/mol. The summed E-state index contributed by atoms with van der Waals surface area (Å²) in [6.07, 6.45) is 9.41. The number of hydrogen-bond donors (Lipinski definition) is 0. The molecule has 0 N–H and O–H groups in total. The van der Waals surface area contributed by atoms with E-state index in [-0.39, 0.29) is 0 Å². The van der Waals surface area contributed by atoms with Crippen LogP contribution in [0.15, 0.2) is 0 Å². The molecule has 2 heterocycles. The summed E-state index contributed by atoms with van der Waals surface area (Å²) in [5.41, 5.74) is 0. The van der Waals surface area contributed by atoms with Crippen molar-refractivity contribution in [2.45, 2.75) is 25.3 Å². The molecule has 90 valence electrons. The van der Waals surface area contributed by atoms with Crippen molar-refractivity contribution in [3.63, 3.8) is 0 Å². The molecule has 2 fully saturated rings. The summed E-state index contributed by atoms with van der Waals surface area (Å²) < 4.78 is 0. The molecule has 0 amide bonds. The number of hydrogen-bond acceptors (Lipinski definition) is 3. The molecule has 16 heavy (non-hydrogen) atoms. The van der Waals surface area contributed by atoms with Crippen LogP contribution >= 0.6 is 11.8 Å². The Morgan fingerprint density at radius 1 is 1.25 bits per heavy atom. The van der Waals surface area contributed by atoms with Gasteiger partial charge in [0.05, 0.1) is 5.75 Å². The first kappa shape index (κ1) is 12.3. The third-order valence-electron chi connectivity index (χ3n) is 3.62. The highest BCUT2D eigenvalue weighted by Crippen LogP contribution is 2.21. The number of rotatable bonds is 4. The largest absolute Gasteiger partial charge is 0.301 e. The minimum Gasteiger partial charge on any atom is -0.301 e. The van der Waals surface area contributed by atoms with Crippen LogP contribution in [0, 0.1) is 12.3 Å². The molecule has 0 bridgehead atoms. The van der Waals surface area contributed by atoms with Crippen molar-refractivity contribution >= 4 is 11.8 Å². The van der Waals surface area contributed by atoms with E-state index in [9.17, 15) is 0 Å². The fourth-order valence-electron chi connectivity index (χ4n) is 2.81. The van der Waals surface area contributed by atoms with E-state index in [0.29, 0.717) is 0 Å². The highest BCUT2D eigenvalue weighted by atomic mass is 32.2. The molecule has 0 radical (unpaired) electrons. The van der Waals surface area contributed by atoms with Crippen molar-refractivity contribution in [3.8, 4) is 12.3 Å². The lowest BCUT2D eigenvalue weighted by Gasteiger charge is -2.25. The average Bonchev–Trinajstić information content (AvgIpc) is 2.63. The van der Waals surface area contributed by atoms with E-state index in [1.165, 1.54) is 57.7 Å². The van der Waals surface area contributed by atoms with Gasteiger partial charge in [-0.15, -0.1) is 18.2 Å². The normalized spacial score (nSPS) is 27.3. The Morgan fingerprint density at radius 2 is 2.12 bits per heavy atom. The van der Waals surface area contributed by atoms with Gasteiger partial charge in [0.15, 0.2) is 0 Å². The van der Waals surface area contributed by atoms with Crippen molar-refractivity contribution in [1.82, 2.24) is 9.80 Å². The van der Waals surface area contributed by atoms with Crippen molar-refractivity contribution in [2.75, 3.05) is 44.2 Å². The van der Waals surface area contributed by atoms with Gasteiger partial charge in [-0.05, 0) is 38.9 Å². The van der Waals surface area contributed by atoms with Gasteiger partial charge in [-0.25, -0.2) is 0 Å². The first-order valence-corrected chi connectivity index (χ1v) is 7.53. The van der Waals surface area contributed by atoms with E-state index in [4.69, 9.17) is 6.42 Å². The van der Waals surface area contributed by atoms with Gasteiger partial charge in [-0.3, -0.25) is 4.90 Å². The van der Waals surface area contributed by atoms with Gasteiger partial charge in [0.25, 0.3) is 0 Å². The lowest BCUT2D eigenvalue weighted by Crippen LogP contribution is -2.37. The van der Waals surface area contributed by atoms with Gasteiger partial charge in [0.2, 0.25) is 0 Å². The maximum atomic E-state index is 5.25. The van der Waals surface area contributed by atoms with Crippen molar-refractivity contribution in [3.05, 3.63) is 0 Å². The molecule has 0 aromatic heterocycles. The Labute approximate surface area is 104 Å². The van der Waals surface area contributed by atoms with Crippen LogP contribution in [0.25, 0.3) is 0 Å². The predicted octanol–water partition coefficient (Wildman–Crippen LogP) is 1.52. The van der Waals surface area contributed by atoms with E-state index in [0.717, 1.165) is 11.8 Å². The first-order valence-electron chi connectivity index (χ1n) is 6.38. The lowest BCUT2D eigenvalue weighted by molar-refractivity contribution is 0.227. The minimum atomic E-state index is 0.847. The van der Waals surface area contributed by atoms with Gasteiger partial charge in [0.1, 0.15) is 0 Å². The zero-order valence-electron chi connectivity index (χ0n) is 10.0. The van der Waals surface area contributed by atoms with Gasteiger partial charge >= 0.3 is 0 Å². The van der Waals surface area contributed by atoms with Crippen LogP contribution < -0.4 is 0 Å². The molecule has 2 saturated heterocycles. The third kappa shape index (κ3) is 3.41. The molecular formula is C13H22N2S. The number of nitrogens with zero attached hydrogens (tertiary/aromatic N) is 2. The SMILES string of the molecule is C#CCSCCN1CCCN2CCCC2C1. The van der Waals surface area contributed by atoms with Crippen LogP contribution in [0.3, 0.4) is 0 Å². The topological polar surface area (TPSA) is 6.48 Å². The Kier molecular flexibility index (Phi) is 5.02. The Morgan fingerprint density at radius 3 is 3.00 bits per heavy atom. The molecule has 0 aromatic rings. The van der Waals surface area contributed by atoms with Gasteiger partial charge < -0.3 is 4.90 Å². The number of terminal acetylenes is 1.